The van der Waals surface area contributed by atoms with Gasteiger partial charge in [0.1, 0.15) is 11.5 Å². The highest BCUT2D eigenvalue weighted by Crippen LogP contribution is 2.33. The first-order valence-electron chi connectivity index (χ1n) is 11.5. The molecule has 1 fully saturated rings. The summed E-state index contributed by atoms with van der Waals surface area (Å²) in [6.07, 6.45) is 4.88. The normalized spacial score (nSPS) is 15.2. The van der Waals surface area contributed by atoms with Crippen molar-refractivity contribution in [2.45, 2.75) is 59.0 Å². The van der Waals surface area contributed by atoms with Crippen molar-refractivity contribution in [3.05, 3.63) is 47.4 Å². The molecule has 1 aromatic carbocycles. The number of hydrogen-bond acceptors (Lipinski definition) is 5. The number of furan rings is 1. The van der Waals surface area contributed by atoms with Crippen LogP contribution in [0.15, 0.2) is 34.7 Å². The molecule has 0 radical (unpaired) electrons. The molecular weight excluding hydrogens is 408 g/mol. The number of rotatable bonds is 9. The Balaban J connectivity index is 1.50. The maximum Gasteiger partial charge on any atom is 0.242 e. The van der Waals surface area contributed by atoms with E-state index in [0.717, 1.165) is 49.2 Å². The van der Waals surface area contributed by atoms with Gasteiger partial charge in [-0.25, -0.2) is 0 Å². The highest BCUT2D eigenvalue weighted by Gasteiger charge is 2.29. The second kappa shape index (κ2) is 10.1. The van der Waals surface area contributed by atoms with Gasteiger partial charge in [0.2, 0.25) is 18.6 Å². The SMILES string of the molecule is CCCN(CC(=O)N(Cc1ccc2c(c1)OCO2)Cc1ccc(C)o1)C(=O)C1CCCC1. The van der Waals surface area contributed by atoms with Crippen LogP contribution in [-0.2, 0) is 22.7 Å². The van der Waals surface area contributed by atoms with E-state index in [0.29, 0.717) is 31.1 Å². The summed E-state index contributed by atoms with van der Waals surface area (Å²) >= 11 is 0. The van der Waals surface area contributed by atoms with Crippen molar-refractivity contribution < 1.29 is 23.5 Å². The molecule has 1 aliphatic heterocycles. The van der Waals surface area contributed by atoms with Gasteiger partial charge >= 0.3 is 0 Å². The topological polar surface area (TPSA) is 72.2 Å². The van der Waals surface area contributed by atoms with E-state index in [9.17, 15) is 9.59 Å². The number of ether oxygens (including phenoxy) is 2. The molecule has 0 spiro atoms. The highest BCUT2D eigenvalue weighted by molar-refractivity contribution is 5.86. The van der Waals surface area contributed by atoms with E-state index in [4.69, 9.17) is 13.9 Å². The van der Waals surface area contributed by atoms with Crippen LogP contribution in [0.5, 0.6) is 11.5 Å². The lowest BCUT2D eigenvalue weighted by Gasteiger charge is -2.29. The largest absolute Gasteiger partial charge is 0.464 e. The van der Waals surface area contributed by atoms with E-state index >= 15 is 0 Å². The minimum absolute atomic E-state index is 0.0596. The molecule has 1 aliphatic carbocycles. The second-order valence-electron chi connectivity index (χ2n) is 8.69. The lowest BCUT2D eigenvalue weighted by atomic mass is 10.1. The van der Waals surface area contributed by atoms with E-state index in [2.05, 4.69) is 0 Å². The number of carbonyl (C=O) groups is 2. The maximum atomic E-state index is 13.4. The summed E-state index contributed by atoms with van der Waals surface area (Å²) in [7, 11) is 0. The molecule has 4 rings (SSSR count). The molecule has 0 atom stereocenters. The molecule has 7 nitrogen and oxygen atoms in total. The van der Waals surface area contributed by atoms with Crippen molar-refractivity contribution in [2.75, 3.05) is 19.9 Å². The Labute approximate surface area is 189 Å². The Morgan fingerprint density at radius 1 is 1.00 bits per heavy atom. The molecule has 0 unspecified atom stereocenters. The minimum atomic E-state index is -0.0866. The molecule has 0 N–H and O–H groups in total. The van der Waals surface area contributed by atoms with Gasteiger partial charge in [0.05, 0.1) is 13.1 Å². The average Bonchev–Trinajstić information content (AvgIpc) is 3.54. The molecule has 172 valence electrons. The van der Waals surface area contributed by atoms with Crippen LogP contribution in [0.25, 0.3) is 0 Å². The van der Waals surface area contributed by atoms with Gasteiger partial charge in [0.15, 0.2) is 11.5 Å². The quantitative estimate of drug-likeness (QED) is 0.582. The van der Waals surface area contributed by atoms with Crippen molar-refractivity contribution in [3.63, 3.8) is 0 Å². The molecule has 2 aliphatic rings. The van der Waals surface area contributed by atoms with Crippen LogP contribution in [-0.4, -0.2) is 41.5 Å². The second-order valence-corrected chi connectivity index (χ2v) is 8.69. The van der Waals surface area contributed by atoms with E-state index in [1.54, 1.807) is 9.80 Å². The van der Waals surface area contributed by atoms with Crippen LogP contribution in [0.1, 0.15) is 56.1 Å². The van der Waals surface area contributed by atoms with Crippen molar-refractivity contribution in [1.82, 2.24) is 9.80 Å². The Kier molecular flexibility index (Phi) is 7.02. The van der Waals surface area contributed by atoms with Gasteiger partial charge in [-0.1, -0.05) is 25.8 Å². The maximum absolute atomic E-state index is 13.4. The first-order valence-corrected chi connectivity index (χ1v) is 11.5. The number of aryl methyl sites for hydroxylation is 1. The molecule has 0 bridgehead atoms. The summed E-state index contributed by atoms with van der Waals surface area (Å²) < 4.78 is 16.6. The molecule has 0 saturated heterocycles. The fourth-order valence-electron chi connectivity index (χ4n) is 4.48. The molecule has 2 amide bonds. The van der Waals surface area contributed by atoms with E-state index in [1.165, 1.54) is 0 Å². The average molecular weight is 441 g/mol. The third kappa shape index (κ3) is 5.26. The number of nitrogens with zero attached hydrogens (tertiary/aromatic N) is 2. The van der Waals surface area contributed by atoms with Crippen molar-refractivity contribution in [1.29, 1.82) is 0 Å². The fourth-order valence-corrected chi connectivity index (χ4v) is 4.48. The molecular formula is C25H32N2O5. The zero-order chi connectivity index (χ0) is 22.5. The number of amides is 2. The van der Waals surface area contributed by atoms with Crippen molar-refractivity contribution >= 4 is 11.8 Å². The predicted molar refractivity (Wildman–Crippen MR) is 119 cm³/mol. The van der Waals surface area contributed by atoms with Crippen LogP contribution in [0.2, 0.25) is 0 Å². The van der Waals surface area contributed by atoms with Crippen LogP contribution < -0.4 is 9.47 Å². The Hall–Kier alpha value is -2.96. The summed E-state index contributed by atoms with van der Waals surface area (Å²) in [6.45, 7) is 5.56. The zero-order valence-electron chi connectivity index (χ0n) is 19.0. The van der Waals surface area contributed by atoms with E-state index in [1.807, 2.05) is 44.2 Å². The van der Waals surface area contributed by atoms with Gasteiger partial charge in [-0.3, -0.25) is 9.59 Å². The number of hydrogen-bond donors (Lipinski definition) is 0. The monoisotopic (exact) mass is 440 g/mol. The molecule has 32 heavy (non-hydrogen) atoms. The van der Waals surface area contributed by atoms with Gasteiger partial charge in [-0.15, -0.1) is 0 Å². The summed E-state index contributed by atoms with van der Waals surface area (Å²) in [4.78, 5) is 30.0. The fraction of sp³-hybridized carbons (Fsp3) is 0.520. The summed E-state index contributed by atoms with van der Waals surface area (Å²) in [5.41, 5.74) is 0.940. The number of carbonyl (C=O) groups excluding carboxylic acids is 2. The first-order chi connectivity index (χ1) is 15.5. The third-order valence-corrected chi connectivity index (χ3v) is 6.14. The van der Waals surface area contributed by atoms with Gasteiger partial charge in [0, 0.05) is 19.0 Å². The number of fused-ring (bicyclic) bond motifs is 1. The molecule has 1 aromatic heterocycles. The van der Waals surface area contributed by atoms with Gasteiger partial charge in [0.25, 0.3) is 0 Å². The van der Waals surface area contributed by atoms with Gasteiger partial charge < -0.3 is 23.7 Å². The lowest BCUT2D eigenvalue weighted by molar-refractivity contribution is -0.143. The summed E-state index contributed by atoms with van der Waals surface area (Å²) in [5, 5.41) is 0. The van der Waals surface area contributed by atoms with Gasteiger partial charge in [-0.05, 0) is 56.0 Å². The predicted octanol–water partition coefficient (Wildman–Crippen LogP) is 4.27. The Morgan fingerprint density at radius 2 is 1.78 bits per heavy atom. The van der Waals surface area contributed by atoms with Gasteiger partial charge in [-0.2, -0.15) is 0 Å². The molecule has 2 heterocycles. The zero-order valence-corrected chi connectivity index (χ0v) is 19.0. The van der Waals surface area contributed by atoms with Crippen LogP contribution in [0.3, 0.4) is 0 Å². The van der Waals surface area contributed by atoms with Crippen LogP contribution in [0, 0.1) is 12.8 Å². The van der Waals surface area contributed by atoms with E-state index in [-0.39, 0.29) is 31.1 Å². The minimum Gasteiger partial charge on any atom is -0.464 e. The lowest BCUT2D eigenvalue weighted by Crippen LogP contribution is -2.44. The summed E-state index contributed by atoms with van der Waals surface area (Å²) in [5.74, 6) is 3.02. The molecule has 7 heteroatoms. The standard InChI is InChI=1S/C25H32N2O5/c1-3-12-26(25(29)20-6-4-5-7-20)16-24(28)27(15-21-10-8-18(2)32-21)14-19-9-11-22-23(13-19)31-17-30-22/h8-11,13,20H,3-7,12,14-17H2,1-2H3. The molecule has 2 aromatic rings. The third-order valence-electron chi connectivity index (χ3n) is 6.14. The molecule has 1 saturated carbocycles. The van der Waals surface area contributed by atoms with Crippen LogP contribution >= 0.6 is 0 Å². The van der Waals surface area contributed by atoms with Crippen molar-refractivity contribution in [3.8, 4) is 11.5 Å². The highest BCUT2D eigenvalue weighted by atomic mass is 16.7. The van der Waals surface area contributed by atoms with Crippen molar-refractivity contribution in [2.24, 2.45) is 5.92 Å². The Bertz CT molecular complexity index is 948. The summed E-state index contributed by atoms with van der Waals surface area (Å²) in [6, 6.07) is 9.50. The van der Waals surface area contributed by atoms with E-state index < -0.39 is 0 Å². The smallest absolute Gasteiger partial charge is 0.242 e. The number of benzene rings is 1. The van der Waals surface area contributed by atoms with Crippen LogP contribution in [0.4, 0.5) is 0 Å². The Morgan fingerprint density at radius 3 is 2.50 bits per heavy atom. The first kappa shape index (κ1) is 22.2.